The van der Waals surface area contributed by atoms with Gasteiger partial charge in [0.1, 0.15) is 0 Å². The quantitative estimate of drug-likeness (QED) is 0.798. The first-order valence-corrected chi connectivity index (χ1v) is 10.5. The summed E-state index contributed by atoms with van der Waals surface area (Å²) in [4.78, 5) is 17.7. The first-order valence-electron chi connectivity index (χ1n) is 10.5. The van der Waals surface area contributed by atoms with Gasteiger partial charge < -0.3 is 9.64 Å². The van der Waals surface area contributed by atoms with Crippen molar-refractivity contribution < 1.29 is 9.53 Å². The summed E-state index contributed by atoms with van der Waals surface area (Å²) in [6.07, 6.45) is 3.69. The maximum atomic E-state index is 13.3. The molecule has 1 saturated heterocycles. The summed E-state index contributed by atoms with van der Waals surface area (Å²) in [7, 11) is 0. The van der Waals surface area contributed by atoms with E-state index >= 15 is 0 Å². The Balaban J connectivity index is 1.45. The Morgan fingerprint density at radius 3 is 2.64 bits per heavy atom. The van der Waals surface area contributed by atoms with Crippen molar-refractivity contribution in [2.45, 2.75) is 32.4 Å². The van der Waals surface area contributed by atoms with Gasteiger partial charge in [0.05, 0.1) is 19.8 Å². The number of ether oxygens (including phenoxy) is 1. The number of carbonyl (C=O) groups is 1. The van der Waals surface area contributed by atoms with Gasteiger partial charge in [0.2, 0.25) is 0 Å². The van der Waals surface area contributed by atoms with Crippen molar-refractivity contribution in [2.75, 3.05) is 39.4 Å². The molecule has 0 unspecified atom stereocenters. The third-order valence-corrected chi connectivity index (χ3v) is 6.10. The number of hydrogen-bond acceptors (Lipinski definition) is 4. The highest BCUT2D eigenvalue weighted by molar-refractivity contribution is 5.94. The predicted molar refractivity (Wildman–Crippen MR) is 106 cm³/mol. The van der Waals surface area contributed by atoms with E-state index in [4.69, 9.17) is 9.84 Å². The van der Waals surface area contributed by atoms with Gasteiger partial charge in [-0.3, -0.25) is 14.4 Å². The summed E-state index contributed by atoms with van der Waals surface area (Å²) < 4.78 is 7.50. The Labute approximate surface area is 166 Å². The summed E-state index contributed by atoms with van der Waals surface area (Å²) in [5.74, 6) is 0.930. The van der Waals surface area contributed by atoms with Crippen LogP contribution < -0.4 is 0 Å². The van der Waals surface area contributed by atoms with Gasteiger partial charge in [-0.1, -0.05) is 30.3 Å². The Morgan fingerprint density at radius 1 is 1.11 bits per heavy atom. The fourth-order valence-corrected chi connectivity index (χ4v) is 4.34. The summed E-state index contributed by atoms with van der Waals surface area (Å²) >= 11 is 0. The van der Waals surface area contributed by atoms with Crippen LogP contribution in [-0.4, -0.2) is 64.9 Å². The Morgan fingerprint density at radius 2 is 1.89 bits per heavy atom. The molecule has 1 aromatic carbocycles. The smallest absolute Gasteiger partial charge is 0.274 e. The van der Waals surface area contributed by atoms with Crippen molar-refractivity contribution in [1.29, 1.82) is 0 Å². The van der Waals surface area contributed by atoms with E-state index in [9.17, 15) is 4.79 Å². The SMILES string of the molecule is O=C(c1nn(Cc2ccccc2)c2c1CN(CC1CC1)CC2)N1CCOCC1. The van der Waals surface area contributed by atoms with Crippen LogP contribution in [0.4, 0.5) is 0 Å². The van der Waals surface area contributed by atoms with Crippen LogP contribution in [0, 0.1) is 5.92 Å². The minimum Gasteiger partial charge on any atom is -0.378 e. The molecule has 1 aliphatic carbocycles. The molecule has 0 bridgehead atoms. The molecule has 0 atom stereocenters. The Bertz CT molecular complexity index is 838. The molecule has 3 heterocycles. The zero-order chi connectivity index (χ0) is 18.9. The van der Waals surface area contributed by atoms with E-state index in [1.54, 1.807) is 0 Å². The first-order chi connectivity index (χ1) is 13.8. The maximum absolute atomic E-state index is 13.3. The molecule has 2 aromatic rings. The second-order valence-electron chi connectivity index (χ2n) is 8.25. The number of morpholine rings is 1. The molecular formula is C22H28N4O2. The Hall–Kier alpha value is -2.18. The van der Waals surface area contributed by atoms with Gasteiger partial charge in [-0.05, 0) is 24.3 Å². The van der Waals surface area contributed by atoms with E-state index in [-0.39, 0.29) is 5.91 Å². The van der Waals surface area contributed by atoms with E-state index < -0.39 is 0 Å². The lowest BCUT2D eigenvalue weighted by Crippen LogP contribution is -2.41. The molecule has 0 radical (unpaired) electrons. The van der Waals surface area contributed by atoms with Gasteiger partial charge in [0.15, 0.2) is 5.69 Å². The predicted octanol–water partition coefficient (Wildman–Crippen LogP) is 2.17. The lowest BCUT2D eigenvalue weighted by molar-refractivity contribution is 0.0297. The number of rotatable bonds is 5. The third kappa shape index (κ3) is 3.71. The average molecular weight is 380 g/mol. The number of nitrogens with zero attached hydrogens (tertiary/aromatic N) is 4. The number of carbonyl (C=O) groups excluding carboxylic acids is 1. The van der Waals surface area contributed by atoms with Crippen molar-refractivity contribution in [3.05, 3.63) is 52.8 Å². The molecular weight excluding hydrogens is 352 g/mol. The molecule has 148 valence electrons. The number of hydrogen-bond donors (Lipinski definition) is 0. The molecule has 3 aliphatic rings. The Kier molecular flexibility index (Phi) is 4.91. The molecule has 1 saturated carbocycles. The van der Waals surface area contributed by atoms with Crippen LogP contribution in [0.5, 0.6) is 0 Å². The van der Waals surface area contributed by atoms with Gasteiger partial charge in [-0.2, -0.15) is 5.10 Å². The van der Waals surface area contributed by atoms with Crippen LogP contribution >= 0.6 is 0 Å². The minimum atomic E-state index is 0.0691. The van der Waals surface area contributed by atoms with Crippen molar-refractivity contribution in [3.63, 3.8) is 0 Å². The zero-order valence-electron chi connectivity index (χ0n) is 16.3. The number of amides is 1. The molecule has 6 heteroatoms. The average Bonchev–Trinajstić information content (AvgIpc) is 3.49. The molecule has 1 amide bonds. The van der Waals surface area contributed by atoms with Gasteiger partial charge in [-0.15, -0.1) is 0 Å². The zero-order valence-corrected chi connectivity index (χ0v) is 16.3. The van der Waals surface area contributed by atoms with Crippen LogP contribution in [0.1, 0.15) is 40.2 Å². The topological polar surface area (TPSA) is 50.6 Å². The van der Waals surface area contributed by atoms with Crippen molar-refractivity contribution in [2.24, 2.45) is 5.92 Å². The van der Waals surface area contributed by atoms with E-state index in [2.05, 4.69) is 33.8 Å². The molecule has 0 spiro atoms. The molecule has 6 nitrogen and oxygen atoms in total. The monoisotopic (exact) mass is 380 g/mol. The fraction of sp³-hybridized carbons (Fsp3) is 0.545. The lowest BCUT2D eigenvalue weighted by atomic mass is 10.0. The normalized spacial score (nSPS) is 20.2. The molecule has 28 heavy (non-hydrogen) atoms. The standard InChI is InChI=1S/C22H28N4O2/c27-22(25-10-12-28-13-11-25)21-19-16-24(14-18-6-7-18)9-8-20(19)26(23-21)15-17-4-2-1-3-5-17/h1-5,18H,6-16H2. The van der Waals surface area contributed by atoms with E-state index in [0.29, 0.717) is 32.0 Å². The van der Waals surface area contributed by atoms with Crippen LogP contribution in [-0.2, 0) is 24.2 Å². The van der Waals surface area contributed by atoms with Crippen LogP contribution in [0.15, 0.2) is 30.3 Å². The van der Waals surface area contributed by atoms with Crippen LogP contribution in [0.2, 0.25) is 0 Å². The van der Waals surface area contributed by atoms with Gasteiger partial charge in [0, 0.05) is 50.4 Å². The minimum absolute atomic E-state index is 0.0691. The highest BCUT2D eigenvalue weighted by atomic mass is 16.5. The summed E-state index contributed by atoms with van der Waals surface area (Å²) in [6.45, 7) is 6.35. The van der Waals surface area contributed by atoms with E-state index in [1.165, 1.54) is 24.1 Å². The third-order valence-electron chi connectivity index (χ3n) is 6.10. The van der Waals surface area contributed by atoms with Crippen molar-refractivity contribution in [1.82, 2.24) is 19.6 Å². The van der Waals surface area contributed by atoms with Crippen LogP contribution in [0.3, 0.4) is 0 Å². The second-order valence-corrected chi connectivity index (χ2v) is 8.25. The highest BCUT2D eigenvalue weighted by Crippen LogP contribution is 2.32. The van der Waals surface area contributed by atoms with E-state index in [0.717, 1.165) is 44.1 Å². The number of aromatic nitrogens is 2. The molecule has 1 aromatic heterocycles. The number of benzene rings is 1. The molecule has 2 aliphatic heterocycles. The molecule has 0 N–H and O–H groups in total. The second kappa shape index (κ2) is 7.68. The highest BCUT2D eigenvalue weighted by Gasteiger charge is 2.33. The van der Waals surface area contributed by atoms with Gasteiger partial charge in [-0.25, -0.2) is 0 Å². The van der Waals surface area contributed by atoms with E-state index in [1.807, 2.05) is 11.0 Å². The lowest BCUT2D eigenvalue weighted by Gasteiger charge is -2.29. The first kappa shape index (κ1) is 17.9. The van der Waals surface area contributed by atoms with Crippen molar-refractivity contribution >= 4 is 5.91 Å². The van der Waals surface area contributed by atoms with Gasteiger partial charge >= 0.3 is 0 Å². The molecule has 2 fully saturated rings. The maximum Gasteiger partial charge on any atom is 0.274 e. The molecule has 5 rings (SSSR count). The summed E-state index contributed by atoms with van der Waals surface area (Å²) in [5.41, 5.74) is 4.28. The summed E-state index contributed by atoms with van der Waals surface area (Å²) in [5, 5.41) is 4.85. The van der Waals surface area contributed by atoms with Crippen molar-refractivity contribution in [3.8, 4) is 0 Å². The van der Waals surface area contributed by atoms with Gasteiger partial charge in [0.25, 0.3) is 5.91 Å². The summed E-state index contributed by atoms with van der Waals surface area (Å²) in [6, 6.07) is 10.4. The van der Waals surface area contributed by atoms with Crippen LogP contribution in [0.25, 0.3) is 0 Å². The largest absolute Gasteiger partial charge is 0.378 e. The fourth-order valence-electron chi connectivity index (χ4n) is 4.34. The number of fused-ring (bicyclic) bond motifs is 1.